The molecule has 1 amide bonds. The highest BCUT2D eigenvalue weighted by Gasteiger charge is 2.24. The molecule has 0 spiro atoms. The molecule has 0 radical (unpaired) electrons. The van der Waals surface area contributed by atoms with Gasteiger partial charge in [0.2, 0.25) is 0 Å². The number of aryl methyl sites for hydroxylation is 1. The minimum Gasteiger partial charge on any atom is -0.358 e. The number of nitrogens with zero attached hydrogens (tertiary/aromatic N) is 5. The first-order valence-corrected chi connectivity index (χ1v) is 11.2. The Labute approximate surface area is 188 Å². The SMILES string of the molecule is Cc1cc([N+](=O)[O-])nn1Cc1csc(C(=O)N2CCN(Cc3cccc(Cl)c3)CC2)c1. The van der Waals surface area contributed by atoms with Crippen LogP contribution in [0.5, 0.6) is 0 Å². The zero-order valence-electron chi connectivity index (χ0n) is 17.0. The van der Waals surface area contributed by atoms with Gasteiger partial charge in [-0.3, -0.25) is 9.69 Å². The van der Waals surface area contributed by atoms with E-state index in [4.69, 9.17) is 11.6 Å². The third-order valence-corrected chi connectivity index (χ3v) is 6.51. The zero-order chi connectivity index (χ0) is 22.0. The van der Waals surface area contributed by atoms with Crippen LogP contribution in [-0.2, 0) is 13.1 Å². The van der Waals surface area contributed by atoms with Gasteiger partial charge in [0.25, 0.3) is 5.91 Å². The van der Waals surface area contributed by atoms with E-state index < -0.39 is 4.92 Å². The Morgan fingerprint density at radius 3 is 2.61 bits per heavy atom. The van der Waals surface area contributed by atoms with Crippen LogP contribution in [0.3, 0.4) is 0 Å². The van der Waals surface area contributed by atoms with Crippen LogP contribution in [0.2, 0.25) is 5.02 Å². The first kappa shape index (κ1) is 21.5. The van der Waals surface area contributed by atoms with Gasteiger partial charge in [-0.2, -0.15) is 4.68 Å². The number of amides is 1. The molecule has 0 saturated carbocycles. The Hall–Kier alpha value is -2.75. The average molecular weight is 460 g/mol. The van der Waals surface area contributed by atoms with Gasteiger partial charge in [0.15, 0.2) is 0 Å². The van der Waals surface area contributed by atoms with Crippen LogP contribution in [0.4, 0.5) is 5.82 Å². The first-order chi connectivity index (χ1) is 14.9. The standard InChI is InChI=1S/C21H22ClN5O3S/c1-15-9-20(27(29)30)23-26(15)13-17-11-19(31-14-17)21(28)25-7-5-24(6-8-25)12-16-3-2-4-18(22)10-16/h2-4,9-11,14H,5-8,12-13H2,1H3. The van der Waals surface area contributed by atoms with E-state index in [-0.39, 0.29) is 11.7 Å². The van der Waals surface area contributed by atoms with Crippen LogP contribution >= 0.6 is 22.9 Å². The number of piperazine rings is 1. The summed E-state index contributed by atoms with van der Waals surface area (Å²) in [6.07, 6.45) is 0. The molecule has 162 valence electrons. The largest absolute Gasteiger partial charge is 0.390 e. The molecule has 1 fully saturated rings. The smallest absolute Gasteiger partial charge is 0.358 e. The van der Waals surface area contributed by atoms with E-state index in [2.05, 4.69) is 16.1 Å². The normalized spacial score (nSPS) is 14.7. The molecule has 1 aromatic carbocycles. The van der Waals surface area contributed by atoms with Crippen LogP contribution in [0.15, 0.2) is 41.8 Å². The summed E-state index contributed by atoms with van der Waals surface area (Å²) < 4.78 is 1.59. The molecule has 4 rings (SSSR count). The minimum absolute atomic E-state index is 0.0295. The lowest BCUT2D eigenvalue weighted by Crippen LogP contribution is -2.48. The van der Waals surface area contributed by atoms with E-state index in [0.29, 0.717) is 30.2 Å². The number of halogens is 1. The van der Waals surface area contributed by atoms with Crippen LogP contribution in [-0.4, -0.2) is 56.6 Å². The zero-order valence-corrected chi connectivity index (χ0v) is 18.6. The number of benzene rings is 1. The molecule has 1 saturated heterocycles. The van der Waals surface area contributed by atoms with Crippen molar-refractivity contribution in [3.8, 4) is 0 Å². The Morgan fingerprint density at radius 1 is 1.16 bits per heavy atom. The van der Waals surface area contributed by atoms with Crippen molar-refractivity contribution in [3.05, 3.63) is 78.6 Å². The first-order valence-electron chi connectivity index (χ1n) is 9.91. The Balaban J connectivity index is 1.33. The summed E-state index contributed by atoms with van der Waals surface area (Å²) in [5.74, 6) is -0.138. The quantitative estimate of drug-likeness (QED) is 0.413. The fraction of sp³-hybridized carbons (Fsp3) is 0.333. The summed E-state index contributed by atoms with van der Waals surface area (Å²) in [6, 6.07) is 11.2. The number of carbonyl (C=O) groups excluding carboxylic acids is 1. The monoisotopic (exact) mass is 459 g/mol. The topological polar surface area (TPSA) is 84.5 Å². The highest BCUT2D eigenvalue weighted by Crippen LogP contribution is 2.21. The van der Waals surface area contributed by atoms with Gasteiger partial charge in [-0.05, 0) is 46.6 Å². The van der Waals surface area contributed by atoms with Gasteiger partial charge >= 0.3 is 5.82 Å². The number of aromatic nitrogens is 2. The third-order valence-electron chi connectivity index (χ3n) is 5.31. The van der Waals surface area contributed by atoms with Crippen LogP contribution in [0.1, 0.15) is 26.5 Å². The van der Waals surface area contributed by atoms with Crippen molar-refractivity contribution < 1.29 is 9.72 Å². The molecule has 0 atom stereocenters. The molecule has 0 bridgehead atoms. The van der Waals surface area contributed by atoms with E-state index in [1.54, 1.807) is 11.6 Å². The van der Waals surface area contributed by atoms with E-state index in [9.17, 15) is 14.9 Å². The lowest BCUT2D eigenvalue weighted by atomic mass is 10.2. The predicted molar refractivity (Wildman–Crippen MR) is 120 cm³/mol. The van der Waals surface area contributed by atoms with Gasteiger partial charge in [-0.15, -0.1) is 11.3 Å². The lowest BCUT2D eigenvalue weighted by molar-refractivity contribution is -0.389. The summed E-state index contributed by atoms with van der Waals surface area (Å²) in [4.78, 5) is 28.2. The molecule has 8 nitrogen and oxygen atoms in total. The molecule has 3 aromatic rings. The Kier molecular flexibility index (Phi) is 6.35. The Morgan fingerprint density at radius 2 is 1.94 bits per heavy atom. The van der Waals surface area contributed by atoms with Gasteiger partial charge in [-0.1, -0.05) is 23.7 Å². The van der Waals surface area contributed by atoms with Crippen LogP contribution < -0.4 is 0 Å². The highest BCUT2D eigenvalue weighted by molar-refractivity contribution is 7.12. The number of rotatable bonds is 6. The van der Waals surface area contributed by atoms with E-state index in [0.717, 1.165) is 30.2 Å². The third kappa shape index (κ3) is 5.12. The van der Waals surface area contributed by atoms with E-state index in [1.165, 1.54) is 23.0 Å². The molecular weight excluding hydrogens is 438 g/mol. The minimum atomic E-state index is -0.502. The second-order valence-electron chi connectivity index (χ2n) is 7.58. The number of hydrogen-bond donors (Lipinski definition) is 0. The molecule has 10 heteroatoms. The highest BCUT2D eigenvalue weighted by atomic mass is 35.5. The van der Waals surface area contributed by atoms with Gasteiger partial charge in [0.1, 0.15) is 0 Å². The fourth-order valence-corrected chi connectivity index (χ4v) is 4.73. The molecule has 0 aliphatic carbocycles. The van der Waals surface area contributed by atoms with Gasteiger partial charge in [0.05, 0.1) is 28.3 Å². The fourth-order valence-electron chi connectivity index (χ4n) is 3.64. The predicted octanol–water partition coefficient (Wildman–Crippen LogP) is 3.82. The van der Waals surface area contributed by atoms with Gasteiger partial charge < -0.3 is 15.0 Å². The van der Waals surface area contributed by atoms with Crippen molar-refractivity contribution in [2.45, 2.75) is 20.0 Å². The molecular formula is C21H22ClN5O3S. The molecule has 2 aromatic heterocycles. The average Bonchev–Trinajstić information content (AvgIpc) is 3.35. The summed E-state index contributed by atoms with van der Waals surface area (Å²) in [5, 5.41) is 17.6. The van der Waals surface area contributed by atoms with Crippen molar-refractivity contribution in [2.75, 3.05) is 26.2 Å². The maximum Gasteiger partial charge on any atom is 0.390 e. The van der Waals surface area contributed by atoms with Crippen molar-refractivity contribution >= 4 is 34.7 Å². The molecule has 31 heavy (non-hydrogen) atoms. The molecule has 1 aliphatic rings. The van der Waals surface area contributed by atoms with Crippen molar-refractivity contribution in [1.82, 2.24) is 19.6 Å². The lowest BCUT2D eigenvalue weighted by Gasteiger charge is -2.34. The maximum atomic E-state index is 12.9. The summed E-state index contributed by atoms with van der Waals surface area (Å²) in [6.45, 7) is 5.98. The maximum absolute atomic E-state index is 12.9. The molecule has 0 N–H and O–H groups in total. The van der Waals surface area contributed by atoms with Gasteiger partial charge in [0, 0.05) is 37.7 Å². The summed E-state index contributed by atoms with van der Waals surface area (Å²) in [5.41, 5.74) is 2.79. The summed E-state index contributed by atoms with van der Waals surface area (Å²) in [7, 11) is 0. The number of hydrogen-bond acceptors (Lipinski definition) is 6. The number of carbonyl (C=O) groups is 1. The van der Waals surface area contributed by atoms with Crippen LogP contribution in [0.25, 0.3) is 0 Å². The number of nitro groups is 1. The number of thiophene rings is 1. The molecule has 3 heterocycles. The van der Waals surface area contributed by atoms with E-state index >= 15 is 0 Å². The second-order valence-corrected chi connectivity index (χ2v) is 8.92. The Bertz CT molecular complexity index is 1100. The van der Waals surface area contributed by atoms with E-state index in [1.807, 2.05) is 34.5 Å². The molecule has 1 aliphatic heterocycles. The summed E-state index contributed by atoms with van der Waals surface area (Å²) >= 11 is 7.47. The van der Waals surface area contributed by atoms with Gasteiger partial charge in [-0.25, -0.2) is 0 Å². The van der Waals surface area contributed by atoms with Crippen molar-refractivity contribution in [1.29, 1.82) is 0 Å². The van der Waals surface area contributed by atoms with Crippen LogP contribution in [0, 0.1) is 17.0 Å². The molecule has 0 unspecified atom stereocenters. The second kappa shape index (κ2) is 9.17. The van der Waals surface area contributed by atoms with Crippen molar-refractivity contribution in [3.63, 3.8) is 0 Å². The van der Waals surface area contributed by atoms with Crippen molar-refractivity contribution in [2.24, 2.45) is 0 Å².